The average molecular weight is 395 g/mol. The first-order valence-corrected chi connectivity index (χ1v) is 10.6. The van der Waals surface area contributed by atoms with Gasteiger partial charge in [-0.25, -0.2) is 9.97 Å². The van der Waals surface area contributed by atoms with Crippen molar-refractivity contribution < 1.29 is 0 Å². The van der Waals surface area contributed by atoms with E-state index in [2.05, 4.69) is 42.5 Å². The fourth-order valence-corrected chi connectivity index (χ4v) is 4.62. The molecule has 4 rings (SSSR count). The van der Waals surface area contributed by atoms with Crippen LogP contribution in [-0.2, 0) is 13.0 Å². The second kappa shape index (κ2) is 8.86. The number of aliphatic imine (C=N–C) groups is 1. The molecule has 2 aliphatic rings. The van der Waals surface area contributed by atoms with Crippen molar-refractivity contribution in [2.45, 2.75) is 51.1 Å². The number of piperazine rings is 1. The van der Waals surface area contributed by atoms with Gasteiger partial charge in [0, 0.05) is 67.4 Å². The first-order chi connectivity index (χ1) is 14.2. The first kappa shape index (κ1) is 19.8. The van der Waals surface area contributed by atoms with Gasteiger partial charge in [-0.3, -0.25) is 14.7 Å². The number of aryl methyl sites for hydroxylation is 1. The summed E-state index contributed by atoms with van der Waals surface area (Å²) in [5.41, 5.74) is 3.05. The third-order valence-electron chi connectivity index (χ3n) is 6.34. The molecule has 0 aromatic carbocycles. The highest BCUT2D eigenvalue weighted by molar-refractivity contribution is 5.31. The van der Waals surface area contributed by atoms with Gasteiger partial charge >= 0.3 is 0 Å². The largest absolute Gasteiger partial charge is 0.338 e. The molecule has 0 unspecified atom stereocenters. The topological polar surface area (TPSA) is 77.5 Å². The Bertz CT molecular complexity index is 885. The summed E-state index contributed by atoms with van der Waals surface area (Å²) in [6, 6.07) is 4.71. The number of anilines is 1. The summed E-state index contributed by atoms with van der Waals surface area (Å²) in [6.07, 6.45) is 7.94. The molecule has 2 aromatic heterocycles. The molecule has 1 saturated carbocycles. The van der Waals surface area contributed by atoms with Crippen LogP contribution in [0.1, 0.15) is 48.9 Å². The van der Waals surface area contributed by atoms with Gasteiger partial charge in [-0.05, 0) is 38.5 Å². The fraction of sp³-hybridized carbons (Fsp3) is 0.545. The molecule has 1 aliphatic carbocycles. The maximum atomic E-state index is 12.1. The van der Waals surface area contributed by atoms with Gasteiger partial charge in [0.2, 0.25) is 5.95 Å². The number of nitrogens with zero attached hydrogens (tertiary/aromatic N) is 5. The molecule has 0 bridgehead atoms. The molecule has 1 saturated heterocycles. The summed E-state index contributed by atoms with van der Waals surface area (Å²) in [5.74, 6) is 1.27. The van der Waals surface area contributed by atoms with E-state index < -0.39 is 0 Å². The molecule has 154 valence electrons. The molecule has 7 heteroatoms. The number of aromatic amines is 1. The second-order valence-electron chi connectivity index (χ2n) is 8.08. The van der Waals surface area contributed by atoms with Gasteiger partial charge in [0.15, 0.2) is 0 Å². The molecule has 0 spiro atoms. The molecular formula is C22H30N6O. The summed E-state index contributed by atoms with van der Waals surface area (Å²) in [4.78, 5) is 33.0. The number of nitrogens with one attached hydrogen (secondary N) is 1. The van der Waals surface area contributed by atoms with Gasteiger partial charge in [0.25, 0.3) is 5.56 Å². The van der Waals surface area contributed by atoms with Gasteiger partial charge in [-0.2, -0.15) is 0 Å². The molecule has 2 fully saturated rings. The lowest BCUT2D eigenvalue weighted by atomic mass is 10.0. The minimum absolute atomic E-state index is 0.0805. The van der Waals surface area contributed by atoms with Crippen molar-refractivity contribution in [3.63, 3.8) is 0 Å². The van der Waals surface area contributed by atoms with Gasteiger partial charge in [-0.1, -0.05) is 13.0 Å². The van der Waals surface area contributed by atoms with Crippen LogP contribution in [0.4, 0.5) is 5.95 Å². The summed E-state index contributed by atoms with van der Waals surface area (Å²) in [7, 11) is 0. The van der Waals surface area contributed by atoms with E-state index >= 15 is 0 Å². The predicted molar refractivity (Wildman–Crippen MR) is 116 cm³/mol. The number of pyridine rings is 1. The minimum atomic E-state index is 0.0805. The van der Waals surface area contributed by atoms with Crippen LogP contribution in [0.3, 0.4) is 0 Å². The zero-order valence-corrected chi connectivity index (χ0v) is 17.2. The van der Waals surface area contributed by atoms with E-state index in [1.807, 2.05) is 25.4 Å². The second-order valence-corrected chi connectivity index (χ2v) is 8.08. The van der Waals surface area contributed by atoms with Crippen molar-refractivity contribution in [2.24, 2.45) is 4.99 Å². The van der Waals surface area contributed by atoms with E-state index in [1.54, 1.807) is 0 Å². The number of H-pyrrole nitrogens is 1. The van der Waals surface area contributed by atoms with Crippen LogP contribution in [0.15, 0.2) is 34.3 Å². The van der Waals surface area contributed by atoms with Crippen molar-refractivity contribution in [1.82, 2.24) is 19.9 Å². The first-order valence-electron chi connectivity index (χ1n) is 10.6. The minimum Gasteiger partial charge on any atom is -0.338 e. The molecule has 7 nitrogen and oxygen atoms in total. The summed E-state index contributed by atoms with van der Waals surface area (Å²) >= 11 is 0. The maximum Gasteiger partial charge on any atom is 0.251 e. The van der Waals surface area contributed by atoms with Gasteiger partial charge in [-0.15, -0.1) is 0 Å². The summed E-state index contributed by atoms with van der Waals surface area (Å²) in [5, 5.41) is 0. The van der Waals surface area contributed by atoms with E-state index in [0.29, 0.717) is 18.5 Å². The van der Waals surface area contributed by atoms with Crippen molar-refractivity contribution >= 4 is 12.7 Å². The summed E-state index contributed by atoms with van der Waals surface area (Å²) in [6.45, 7) is 10.0. The van der Waals surface area contributed by atoms with Crippen LogP contribution in [0.5, 0.6) is 0 Å². The normalized spacial score (nSPS) is 22.7. The maximum absolute atomic E-state index is 12.1. The molecule has 1 N–H and O–H groups in total. The molecule has 2 aromatic rings. The van der Waals surface area contributed by atoms with E-state index in [4.69, 9.17) is 0 Å². The van der Waals surface area contributed by atoms with E-state index in [-0.39, 0.29) is 5.56 Å². The Labute approximate surface area is 171 Å². The lowest BCUT2D eigenvalue weighted by molar-refractivity contribution is 0.185. The lowest BCUT2D eigenvalue weighted by Crippen LogP contribution is -2.50. The molecular weight excluding hydrogens is 364 g/mol. The van der Waals surface area contributed by atoms with E-state index in [9.17, 15) is 4.79 Å². The highest BCUT2D eigenvalue weighted by Crippen LogP contribution is 2.36. The molecule has 1 aliphatic heterocycles. The molecule has 29 heavy (non-hydrogen) atoms. The Balaban J connectivity index is 1.32. The van der Waals surface area contributed by atoms with E-state index in [0.717, 1.165) is 68.2 Å². The quantitative estimate of drug-likeness (QED) is 0.761. The number of rotatable bonds is 6. The van der Waals surface area contributed by atoms with Crippen LogP contribution in [0.25, 0.3) is 0 Å². The molecule has 2 atom stereocenters. The summed E-state index contributed by atoms with van der Waals surface area (Å²) < 4.78 is 0. The monoisotopic (exact) mass is 394 g/mol. The highest BCUT2D eigenvalue weighted by Gasteiger charge is 2.32. The zero-order chi connectivity index (χ0) is 20.2. The smallest absolute Gasteiger partial charge is 0.251 e. The third-order valence-corrected chi connectivity index (χ3v) is 6.34. The van der Waals surface area contributed by atoms with Gasteiger partial charge < -0.3 is 9.88 Å². The molecule has 0 radical (unpaired) electrons. The van der Waals surface area contributed by atoms with Crippen LogP contribution < -0.4 is 10.5 Å². The van der Waals surface area contributed by atoms with Crippen LogP contribution in [0, 0.1) is 0 Å². The van der Waals surface area contributed by atoms with Gasteiger partial charge in [0.1, 0.15) is 0 Å². The van der Waals surface area contributed by atoms with Crippen molar-refractivity contribution in [2.75, 3.05) is 31.1 Å². The Morgan fingerprint density at radius 1 is 1.17 bits per heavy atom. The third kappa shape index (κ3) is 4.40. The Hall–Kier alpha value is -2.54. The van der Waals surface area contributed by atoms with Crippen LogP contribution in [0.2, 0.25) is 0 Å². The highest BCUT2D eigenvalue weighted by atomic mass is 16.1. The van der Waals surface area contributed by atoms with E-state index in [1.165, 1.54) is 6.42 Å². The van der Waals surface area contributed by atoms with Crippen molar-refractivity contribution in [1.29, 1.82) is 0 Å². The van der Waals surface area contributed by atoms with Crippen LogP contribution >= 0.6 is 0 Å². The fourth-order valence-electron chi connectivity index (χ4n) is 4.62. The Morgan fingerprint density at radius 3 is 2.59 bits per heavy atom. The lowest BCUT2D eigenvalue weighted by Gasteiger charge is -2.38. The predicted octanol–water partition coefficient (Wildman–Crippen LogP) is 2.39. The number of hydrogen-bond acceptors (Lipinski definition) is 6. The number of aromatic nitrogens is 3. The Morgan fingerprint density at radius 2 is 1.93 bits per heavy atom. The molecule has 3 heterocycles. The Kier molecular flexibility index (Phi) is 6.04. The SMILES string of the molecule is C=NCc1cnc(N2CCN([C@@H]3CC[C@@H](c4ccc(CC)c(=O)[nH]4)C3)CC2)nc1. The molecule has 0 amide bonds. The average Bonchev–Trinajstić information content (AvgIpc) is 3.25. The standard InChI is InChI=1S/C22H30N6O/c1-3-17-5-7-20(26-21(17)29)18-4-6-19(12-18)27-8-10-28(11-9-27)22-24-14-16(13-23-2)15-25-22/h5,7,14-15,18-19H,2-4,6,8-13H2,1H3,(H,26,29)/t18-,19-/m1/s1. The van der Waals surface area contributed by atoms with Crippen molar-refractivity contribution in [3.8, 4) is 0 Å². The van der Waals surface area contributed by atoms with Crippen molar-refractivity contribution in [3.05, 3.63) is 51.7 Å². The van der Waals surface area contributed by atoms with Crippen LogP contribution in [-0.4, -0.2) is 58.8 Å². The zero-order valence-electron chi connectivity index (χ0n) is 17.2. The van der Waals surface area contributed by atoms with Gasteiger partial charge in [0.05, 0.1) is 6.54 Å². The number of hydrogen-bond donors (Lipinski definition) is 1.